The van der Waals surface area contributed by atoms with Crippen LogP contribution in [0.25, 0.3) is 22.3 Å². The number of amides is 2. The number of likely N-dealkylation sites (tertiary alicyclic amines) is 1. The Labute approximate surface area is 232 Å². The molecule has 0 radical (unpaired) electrons. The zero-order valence-electron chi connectivity index (χ0n) is 22.5. The Morgan fingerprint density at radius 2 is 1.77 bits per heavy atom. The first-order valence-corrected chi connectivity index (χ1v) is 13.5. The van der Waals surface area contributed by atoms with Crippen LogP contribution >= 0.6 is 0 Å². The fraction of sp³-hybridized carbons (Fsp3) is 0.345. The number of carbonyl (C=O) groups excluding carboxylic acids is 2. The molecule has 2 amide bonds. The monoisotopic (exact) mass is 543 g/mol. The molecule has 3 N–H and O–H groups in total. The number of aromatic nitrogens is 4. The van der Waals surface area contributed by atoms with E-state index in [2.05, 4.69) is 22.2 Å². The van der Waals surface area contributed by atoms with Gasteiger partial charge in [-0.15, -0.1) is 0 Å². The number of rotatable bonds is 8. The minimum absolute atomic E-state index is 0.0468. The van der Waals surface area contributed by atoms with Crippen molar-refractivity contribution in [2.24, 2.45) is 0 Å². The molecular weight excluding hydrogens is 510 g/mol. The zero-order valence-corrected chi connectivity index (χ0v) is 22.5. The Balaban J connectivity index is 1.28. The van der Waals surface area contributed by atoms with Crippen LogP contribution in [0, 0.1) is 0 Å². The number of nitrogen functional groups attached to an aromatic ring is 1. The van der Waals surface area contributed by atoms with Crippen molar-refractivity contribution < 1.29 is 19.1 Å². The van der Waals surface area contributed by atoms with E-state index in [9.17, 15) is 9.59 Å². The molecule has 5 rings (SSSR count). The lowest BCUT2D eigenvalue weighted by atomic mass is 10.1. The molecule has 1 fully saturated rings. The Morgan fingerprint density at radius 1 is 1.02 bits per heavy atom. The van der Waals surface area contributed by atoms with Gasteiger partial charge in [0.2, 0.25) is 0 Å². The summed E-state index contributed by atoms with van der Waals surface area (Å²) in [6.45, 7) is 3.85. The van der Waals surface area contributed by atoms with Gasteiger partial charge in [-0.2, -0.15) is 5.10 Å². The second-order valence-electron chi connectivity index (χ2n) is 9.70. The molecule has 1 aliphatic heterocycles. The maximum atomic E-state index is 12.4. The number of fused-ring (bicyclic) bond motifs is 1. The summed E-state index contributed by atoms with van der Waals surface area (Å²) in [6.07, 6.45) is 3.92. The summed E-state index contributed by atoms with van der Waals surface area (Å²) in [5.41, 5.74) is 9.91. The van der Waals surface area contributed by atoms with Gasteiger partial charge in [-0.1, -0.05) is 55.8 Å². The summed E-state index contributed by atoms with van der Waals surface area (Å²) >= 11 is 0. The van der Waals surface area contributed by atoms with Gasteiger partial charge in [0.1, 0.15) is 24.4 Å². The Hall–Kier alpha value is -4.67. The second-order valence-corrected chi connectivity index (χ2v) is 9.70. The van der Waals surface area contributed by atoms with Crippen LogP contribution in [0.3, 0.4) is 0 Å². The lowest BCUT2D eigenvalue weighted by molar-refractivity contribution is 0.0868. The van der Waals surface area contributed by atoms with E-state index in [1.54, 1.807) is 17.0 Å². The third-order valence-electron chi connectivity index (χ3n) is 6.93. The normalized spacial score (nSPS) is 13.8. The number of anilines is 2. The maximum absolute atomic E-state index is 12.4. The average molecular weight is 544 g/mol. The van der Waals surface area contributed by atoms with Crippen LogP contribution in [0.1, 0.15) is 44.2 Å². The van der Waals surface area contributed by atoms with Gasteiger partial charge in [-0.05, 0) is 37.0 Å². The summed E-state index contributed by atoms with van der Waals surface area (Å²) in [7, 11) is 0. The van der Waals surface area contributed by atoms with Gasteiger partial charge in [0.15, 0.2) is 5.65 Å². The van der Waals surface area contributed by atoms with Crippen molar-refractivity contribution in [3.8, 4) is 11.3 Å². The first kappa shape index (κ1) is 26.9. The van der Waals surface area contributed by atoms with Gasteiger partial charge in [-0.25, -0.2) is 24.2 Å². The highest BCUT2D eigenvalue weighted by Crippen LogP contribution is 2.34. The molecule has 0 saturated carbocycles. The Bertz CT molecular complexity index is 1450. The summed E-state index contributed by atoms with van der Waals surface area (Å²) in [5, 5.41) is 8.34. The highest BCUT2D eigenvalue weighted by Gasteiger charge is 2.28. The number of carbonyl (C=O) groups is 2. The summed E-state index contributed by atoms with van der Waals surface area (Å²) < 4.78 is 12.6. The summed E-state index contributed by atoms with van der Waals surface area (Å²) in [5.74, 6) is 0.342. The number of benzene rings is 2. The highest BCUT2D eigenvalue weighted by molar-refractivity contribution is 5.98. The van der Waals surface area contributed by atoms with Crippen molar-refractivity contribution in [2.45, 2.75) is 45.3 Å². The number of ether oxygens (including phenoxy) is 2. The van der Waals surface area contributed by atoms with Crippen molar-refractivity contribution >= 4 is 34.7 Å². The predicted molar refractivity (Wildman–Crippen MR) is 152 cm³/mol. The molecule has 0 atom stereocenters. The van der Waals surface area contributed by atoms with Crippen molar-refractivity contribution in [3.63, 3.8) is 0 Å². The van der Waals surface area contributed by atoms with Crippen LogP contribution in [0.4, 0.5) is 21.1 Å². The molecule has 4 aromatic rings. The van der Waals surface area contributed by atoms with Crippen molar-refractivity contribution in [1.29, 1.82) is 0 Å². The van der Waals surface area contributed by atoms with Gasteiger partial charge in [0.05, 0.1) is 18.0 Å². The van der Waals surface area contributed by atoms with Crippen LogP contribution in [0.15, 0.2) is 60.9 Å². The molecule has 0 spiro atoms. The quantitative estimate of drug-likeness (QED) is 0.282. The van der Waals surface area contributed by atoms with Crippen molar-refractivity contribution in [2.75, 3.05) is 30.7 Å². The van der Waals surface area contributed by atoms with Gasteiger partial charge in [0, 0.05) is 24.3 Å². The molecular formula is C29H33N7O4. The van der Waals surface area contributed by atoms with E-state index < -0.39 is 6.09 Å². The Kier molecular flexibility index (Phi) is 8.38. The smallest absolute Gasteiger partial charge is 0.411 e. The van der Waals surface area contributed by atoms with E-state index in [1.807, 2.05) is 47.1 Å². The van der Waals surface area contributed by atoms with Crippen molar-refractivity contribution in [1.82, 2.24) is 24.6 Å². The van der Waals surface area contributed by atoms with Crippen LogP contribution in [0.5, 0.6) is 0 Å². The summed E-state index contributed by atoms with van der Waals surface area (Å²) in [6, 6.07) is 16.8. The van der Waals surface area contributed by atoms with Crippen LogP contribution < -0.4 is 11.1 Å². The lowest BCUT2D eigenvalue weighted by Crippen LogP contribution is -2.39. The van der Waals surface area contributed by atoms with E-state index in [0.29, 0.717) is 47.9 Å². The number of piperidine rings is 1. The number of nitrogens with zero attached hydrogens (tertiary/aromatic N) is 5. The third-order valence-corrected chi connectivity index (χ3v) is 6.93. The highest BCUT2D eigenvalue weighted by atomic mass is 16.6. The van der Waals surface area contributed by atoms with E-state index in [4.69, 9.17) is 20.3 Å². The molecule has 0 bridgehead atoms. The molecule has 11 heteroatoms. The molecule has 11 nitrogen and oxygen atoms in total. The van der Waals surface area contributed by atoms with E-state index in [0.717, 1.165) is 36.8 Å². The fourth-order valence-corrected chi connectivity index (χ4v) is 4.73. The number of unbranched alkanes of at least 4 members (excludes halogenated alkanes) is 1. The minimum atomic E-state index is -0.537. The molecule has 0 aliphatic carbocycles. The summed E-state index contributed by atoms with van der Waals surface area (Å²) in [4.78, 5) is 35.1. The number of hydrogen-bond donors (Lipinski definition) is 2. The number of nitrogens with two attached hydrogens (primary N) is 1. The first-order valence-electron chi connectivity index (χ1n) is 13.5. The molecule has 208 valence electrons. The van der Waals surface area contributed by atoms with Gasteiger partial charge < -0.3 is 20.1 Å². The molecule has 1 aliphatic rings. The second kappa shape index (κ2) is 12.5. The average Bonchev–Trinajstić information content (AvgIpc) is 3.38. The molecule has 2 aromatic heterocycles. The Morgan fingerprint density at radius 3 is 2.50 bits per heavy atom. The SMILES string of the molecule is CCCCOC(=O)N1CCC(n2nc(-c3ccc(NC(=O)OCc4ccccc4)cc3)c3c(N)ncnc32)CC1. The topological polar surface area (TPSA) is 137 Å². The van der Waals surface area contributed by atoms with Crippen LogP contribution in [0.2, 0.25) is 0 Å². The fourth-order valence-electron chi connectivity index (χ4n) is 4.73. The minimum Gasteiger partial charge on any atom is -0.449 e. The van der Waals surface area contributed by atoms with Gasteiger partial charge in [0.25, 0.3) is 0 Å². The molecule has 3 heterocycles. The predicted octanol–water partition coefficient (Wildman–Crippen LogP) is 5.40. The molecule has 1 saturated heterocycles. The van der Waals surface area contributed by atoms with Gasteiger partial charge >= 0.3 is 12.2 Å². The number of nitrogens with one attached hydrogen (secondary N) is 1. The van der Waals surface area contributed by atoms with E-state index in [-0.39, 0.29) is 18.7 Å². The molecule has 2 aromatic carbocycles. The zero-order chi connectivity index (χ0) is 27.9. The maximum Gasteiger partial charge on any atom is 0.411 e. The van der Waals surface area contributed by atoms with E-state index in [1.165, 1.54) is 6.33 Å². The number of hydrogen-bond acceptors (Lipinski definition) is 8. The molecule has 0 unspecified atom stereocenters. The standard InChI is InChI=1S/C29H33N7O4/c1-2-3-17-39-29(38)35-15-13-23(14-16-35)36-27-24(26(30)31-19-32-27)25(34-36)21-9-11-22(12-10-21)33-28(37)40-18-20-7-5-4-6-8-20/h4-12,19,23H,2-3,13-18H2,1H3,(H,33,37)(H2,30,31,32). The van der Waals surface area contributed by atoms with E-state index >= 15 is 0 Å². The first-order chi connectivity index (χ1) is 19.5. The van der Waals surface area contributed by atoms with Gasteiger partial charge in [-0.3, -0.25) is 5.32 Å². The third kappa shape index (κ3) is 6.14. The lowest BCUT2D eigenvalue weighted by Gasteiger charge is -2.31. The van der Waals surface area contributed by atoms with Crippen LogP contribution in [-0.2, 0) is 16.1 Å². The van der Waals surface area contributed by atoms with Crippen LogP contribution in [-0.4, -0.2) is 56.5 Å². The largest absolute Gasteiger partial charge is 0.449 e. The molecule has 40 heavy (non-hydrogen) atoms. The van der Waals surface area contributed by atoms with Crippen molar-refractivity contribution in [3.05, 3.63) is 66.5 Å².